The van der Waals surface area contributed by atoms with Crippen molar-refractivity contribution in [2.45, 2.75) is 13.1 Å². The maximum Gasteiger partial charge on any atom is 0.262 e. The van der Waals surface area contributed by atoms with Crippen LogP contribution in [0.25, 0.3) is 21.8 Å². The molecule has 0 atom stereocenters. The number of rotatable bonds is 8. The van der Waals surface area contributed by atoms with Gasteiger partial charge in [0.25, 0.3) is 11.8 Å². The maximum atomic E-state index is 12.9. The summed E-state index contributed by atoms with van der Waals surface area (Å²) in [4.78, 5) is 59.4. The van der Waals surface area contributed by atoms with E-state index in [1.54, 1.807) is 79.4 Å². The molecule has 0 saturated carbocycles. The Balaban J connectivity index is 0.000000172. The van der Waals surface area contributed by atoms with Crippen LogP contribution in [-0.2, 0) is 13.1 Å². The van der Waals surface area contributed by atoms with Crippen molar-refractivity contribution in [2.24, 2.45) is 0 Å². The number of fused-ring (bicyclic) bond motifs is 2. The van der Waals surface area contributed by atoms with Gasteiger partial charge in [-0.3, -0.25) is 24.2 Å². The third-order valence-electron chi connectivity index (χ3n) is 8.82. The number of benzene rings is 4. The molecule has 0 spiro atoms. The summed E-state index contributed by atoms with van der Waals surface area (Å²) in [7, 11) is 0. The molecule has 8 aromatic rings. The van der Waals surface area contributed by atoms with Crippen LogP contribution in [0.3, 0.4) is 0 Å². The standard InChI is InChI=1S/2C22H16ClN3O2/c23-16-9-7-15(8-10-16)13-26-14-19(21(27)18-5-1-2-6-20(18)26)22(28)25-17-4-3-11-24-12-17;23-16-10-8-15(9-11-16)13-26-14-18(21(27)17-5-1-2-6-19(17)26)22(28)25-20-7-3-4-12-24-20/h1-12,14H,13H2,(H,25,28);1-12,14H,13H2,(H,24,25,28). The first-order valence-electron chi connectivity index (χ1n) is 17.4. The zero-order valence-electron chi connectivity index (χ0n) is 29.6. The van der Waals surface area contributed by atoms with E-state index in [-0.39, 0.29) is 22.0 Å². The quantitative estimate of drug-likeness (QED) is 0.159. The van der Waals surface area contributed by atoms with Crippen molar-refractivity contribution >= 4 is 68.3 Å². The molecule has 4 aromatic carbocycles. The molecule has 0 aliphatic rings. The first-order chi connectivity index (χ1) is 27.2. The van der Waals surface area contributed by atoms with Crippen molar-refractivity contribution in [1.82, 2.24) is 19.1 Å². The Kier molecular flexibility index (Phi) is 11.4. The van der Waals surface area contributed by atoms with Crippen molar-refractivity contribution < 1.29 is 9.59 Å². The summed E-state index contributed by atoms with van der Waals surface area (Å²) in [5.74, 6) is -0.558. The summed E-state index contributed by atoms with van der Waals surface area (Å²) in [6.45, 7) is 1.01. The van der Waals surface area contributed by atoms with Crippen molar-refractivity contribution in [3.05, 3.63) is 211 Å². The predicted octanol–water partition coefficient (Wildman–Crippen LogP) is 8.70. The molecule has 56 heavy (non-hydrogen) atoms. The molecule has 0 saturated heterocycles. The number of para-hydroxylation sites is 2. The molecular formula is C44H32Cl2N6O4. The number of halogens is 2. The number of amides is 2. The number of nitrogens with one attached hydrogen (secondary N) is 2. The van der Waals surface area contributed by atoms with Gasteiger partial charge in [0.1, 0.15) is 16.9 Å². The van der Waals surface area contributed by atoms with E-state index in [4.69, 9.17) is 23.2 Å². The highest BCUT2D eigenvalue weighted by atomic mass is 35.5. The normalized spacial score (nSPS) is 10.8. The Bertz CT molecular complexity index is 2600. The summed E-state index contributed by atoms with van der Waals surface area (Å²) in [6.07, 6.45) is 7.92. The van der Waals surface area contributed by atoms with E-state index in [1.165, 1.54) is 6.20 Å². The lowest BCUT2D eigenvalue weighted by molar-refractivity contribution is 0.101. The molecule has 0 bridgehead atoms. The fraction of sp³-hybridized carbons (Fsp3) is 0.0455. The highest BCUT2D eigenvalue weighted by Gasteiger charge is 2.17. The second-order valence-electron chi connectivity index (χ2n) is 12.7. The molecule has 2 N–H and O–H groups in total. The van der Waals surface area contributed by atoms with Crippen LogP contribution in [0.4, 0.5) is 11.5 Å². The molecule has 8 rings (SSSR count). The zero-order chi connectivity index (χ0) is 39.0. The molecule has 4 heterocycles. The number of hydrogen-bond acceptors (Lipinski definition) is 6. The summed E-state index contributed by atoms with van der Waals surface area (Å²) >= 11 is 11.9. The molecule has 276 valence electrons. The van der Waals surface area contributed by atoms with Gasteiger partial charge in [-0.1, -0.05) is 77.8 Å². The van der Waals surface area contributed by atoms with E-state index in [1.807, 2.05) is 81.9 Å². The highest BCUT2D eigenvalue weighted by molar-refractivity contribution is 6.30. The Morgan fingerprint density at radius 3 is 1.54 bits per heavy atom. The van der Waals surface area contributed by atoms with Gasteiger partial charge in [-0.15, -0.1) is 0 Å². The van der Waals surface area contributed by atoms with Gasteiger partial charge < -0.3 is 19.8 Å². The lowest BCUT2D eigenvalue weighted by Crippen LogP contribution is -2.24. The minimum absolute atomic E-state index is 0.0679. The average Bonchev–Trinajstić information content (AvgIpc) is 3.22. The Labute approximate surface area is 330 Å². The number of pyridine rings is 4. The number of carbonyl (C=O) groups excluding carboxylic acids is 2. The maximum absolute atomic E-state index is 12.9. The van der Waals surface area contributed by atoms with E-state index >= 15 is 0 Å². The third-order valence-corrected chi connectivity index (χ3v) is 9.33. The number of aromatic nitrogens is 4. The van der Waals surface area contributed by atoms with Crippen molar-refractivity contribution in [1.29, 1.82) is 0 Å². The average molecular weight is 780 g/mol. The number of anilines is 2. The van der Waals surface area contributed by atoms with Gasteiger partial charge in [0.15, 0.2) is 0 Å². The van der Waals surface area contributed by atoms with E-state index in [2.05, 4.69) is 20.6 Å². The molecule has 12 heteroatoms. The first kappa shape index (κ1) is 37.4. The lowest BCUT2D eigenvalue weighted by Gasteiger charge is -2.14. The molecule has 0 radical (unpaired) electrons. The third kappa shape index (κ3) is 8.73. The van der Waals surface area contributed by atoms with Crippen molar-refractivity contribution in [2.75, 3.05) is 10.6 Å². The monoisotopic (exact) mass is 778 g/mol. The molecule has 0 aliphatic carbocycles. The van der Waals surface area contributed by atoms with E-state index in [0.29, 0.717) is 45.4 Å². The Hall–Kier alpha value is -6.88. The van der Waals surface area contributed by atoms with Crippen LogP contribution in [-0.4, -0.2) is 30.9 Å². The van der Waals surface area contributed by atoms with Crippen LogP contribution < -0.4 is 21.5 Å². The van der Waals surface area contributed by atoms with Gasteiger partial charge in [-0.25, -0.2) is 4.98 Å². The molecular weight excluding hydrogens is 747 g/mol. The van der Waals surface area contributed by atoms with E-state index in [9.17, 15) is 19.2 Å². The minimum atomic E-state index is -0.487. The fourth-order valence-electron chi connectivity index (χ4n) is 6.10. The second-order valence-corrected chi connectivity index (χ2v) is 13.5. The largest absolute Gasteiger partial charge is 0.342 e. The van der Waals surface area contributed by atoms with Crippen LogP contribution in [0.2, 0.25) is 10.0 Å². The fourth-order valence-corrected chi connectivity index (χ4v) is 6.36. The van der Waals surface area contributed by atoms with Crippen molar-refractivity contribution in [3.8, 4) is 0 Å². The van der Waals surface area contributed by atoms with Gasteiger partial charge in [-0.05, 0) is 83.9 Å². The molecule has 0 aliphatic heterocycles. The summed E-state index contributed by atoms with van der Waals surface area (Å²) in [5, 5.41) is 7.71. The van der Waals surface area contributed by atoms with E-state index in [0.717, 1.165) is 22.2 Å². The van der Waals surface area contributed by atoms with Gasteiger partial charge in [0.2, 0.25) is 10.9 Å². The van der Waals surface area contributed by atoms with Gasteiger partial charge in [0, 0.05) is 58.7 Å². The highest BCUT2D eigenvalue weighted by Crippen LogP contribution is 2.19. The Morgan fingerprint density at radius 1 is 0.554 bits per heavy atom. The van der Waals surface area contributed by atoms with Gasteiger partial charge >= 0.3 is 0 Å². The zero-order valence-corrected chi connectivity index (χ0v) is 31.1. The number of hydrogen-bond donors (Lipinski definition) is 2. The molecule has 0 fully saturated rings. The Morgan fingerprint density at radius 2 is 1.05 bits per heavy atom. The number of nitrogens with zero attached hydrogens (tertiary/aromatic N) is 4. The molecule has 10 nitrogen and oxygen atoms in total. The van der Waals surface area contributed by atoms with Crippen molar-refractivity contribution in [3.63, 3.8) is 0 Å². The topological polar surface area (TPSA) is 128 Å². The lowest BCUT2D eigenvalue weighted by atomic mass is 10.1. The second kappa shape index (κ2) is 17.1. The minimum Gasteiger partial charge on any atom is -0.342 e. The predicted molar refractivity (Wildman–Crippen MR) is 222 cm³/mol. The van der Waals surface area contributed by atoms with Crippen LogP contribution in [0.5, 0.6) is 0 Å². The van der Waals surface area contributed by atoms with Crippen LogP contribution in [0.1, 0.15) is 31.8 Å². The first-order valence-corrected chi connectivity index (χ1v) is 18.2. The summed E-state index contributed by atoms with van der Waals surface area (Å²) in [6, 6.07) is 38.1. The van der Waals surface area contributed by atoms with Gasteiger partial charge in [-0.2, -0.15) is 0 Å². The summed E-state index contributed by atoms with van der Waals surface area (Å²) < 4.78 is 3.80. The van der Waals surface area contributed by atoms with Crippen LogP contribution in [0, 0.1) is 0 Å². The van der Waals surface area contributed by atoms with Crippen LogP contribution >= 0.6 is 23.2 Å². The number of carbonyl (C=O) groups is 2. The smallest absolute Gasteiger partial charge is 0.262 e. The van der Waals surface area contributed by atoms with E-state index < -0.39 is 11.8 Å². The summed E-state index contributed by atoms with van der Waals surface area (Å²) in [5.41, 5.74) is 3.61. The van der Waals surface area contributed by atoms with Gasteiger partial charge in [0.05, 0.1) is 22.9 Å². The molecule has 0 unspecified atom stereocenters. The molecule has 4 aromatic heterocycles. The van der Waals surface area contributed by atoms with Crippen LogP contribution in [0.15, 0.2) is 168 Å². The molecule has 2 amide bonds. The SMILES string of the molecule is O=C(Nc1ccccn1)c1cn(Cc2ccc(Cl)cc2)c2ccccc2c1=O.O=C(Nc1cccnc1)c1cn(Cc2ccc(Cl)cc2)c2ccccc2c1=O.